The van der Waals surface area contributed by atoms with E-state index in [1.54, 1.807) is 0 Å². The molecule has 2 aliphatic rings. The van der Waals surface area contributed by atoms with Crippen molar-refractivity contribution in [1.82, 2.24) is 10.2 Å². The molecule has 1 saturated heterocycles. The van der Waals surface area contributed by atoms with Crippen molar-refractivity contribution in [3.05, 3.63) is 23.2 Å². The van der Waals surface area contributed by atoms with Crippen LogP contribution in [0.5, 0.6) is 0 Å². The SMILES string of the molecule is Cc1cc2c(o1)CC(C)(C)C[C@H]2NC(=O)[C@H]1CN(C(C)C)CCO1. The molecular formula is C19H30N2O3. The van der Waals surface area contributed by atoms with Gasteiger partial charge in [0, 0.05) is 31.1 Å². The number of carbonyl (C=O) groups excluding carboxylic acids is 1. The molecule has 0 saturated carbocycles. The van der Waals surface area contributed by atoms with Crippen LogP contribution in [0, 0.1) is 12.3 Å². The first-order valence-corrected chi connectivity index (χ1v) is 9.00. The molecular weight excluding hydrogens is 304 g/mol. The molecule has 0 spiro atoms. The fourth-order valence-corrected chi connectivity index (χ4v) is 3.87. The fraction of sp³-hybridized carbons (Fsp3) is 0.737. The molecule has 1 aliphatic heterocycles. The Hall–Kier alpha value is -1.33. The highest BCUT2D eigenvalue weighted by atomic mass is 16.5. The Morgan fingerprint density at radius 3 is 2.88 bits per heavy atom. The lowest BCUT2D eigenvalue weighted by atomic mass is 9.74. The summed E-state index contributed by atoms with van der Waals surface area (Å²) >= 11 is 0. The molecule has 1 N–H and O–H groups in total. The number of nitrogens with zero attached hydrogens (tertiary/aromatic N) is 1. The standard InChI is InChI=1S/C19H30N2O3/c1-12(2)21-6-7-23-17(11-21)18(22)20-15-9-19(4,5)10-16-14(15)8-13(3)24-16/h8,12,15,17H,6-7,9-11H2,1-5H3,(H,20,22)/t15-,17-/m1/s1. The highest BCUT2D eigenvalue weighted by Crippen LogP contribution is 2.42. The summed E-state index contributed by atoms with van der Waals surface area (Å²) in [5, 5.41) is 3.22. The third kappa shape index (κ3) is 3.67. The number of rotatable bonds is 3. The summed E-state index contributed by atoms with van der Waals surface area (Å²) < 4.78 is 11.6. The van der Waals surface area contributed by atoms with Crippen molar-refractivity contribution >= 4 is 5.91 Å². The summed E-state index contributed by atoms with van der Waals surface area (Å²) in [5.74, 6) is 1.92. The van der Waals surface area contributed by atoms with Crippen LogP contribution in [0.2, 0.25) is 0 Å². The molecule has 2 heterocycles. The van der Waals surface area contributed by atoms with Gasteiger partial charge in [-0.25, -0.2) is 0 Å². The summed E-state index contributed by atoms with van der Waals surface area (Å²) in [6, 6.07) is 2.50. The minimum absolute atomic E-state index is 0.00623. The molecule has 0 aromatic carbocycles. The molecule has 134 valence electrons. The Bertz CT molecular complexity index is 606. The first-order valence-electron chi connectivity index (χ1n) is 9.00. The second kappa shape index (κ2) is 6.52. The van der Waals surface area contributed by atoms with Gasteiger partial charge < -0.3 is 14.5 Å². The van der Waals surface area contributed by atoms with Crippen molar-refractivity contribution in [3.8, 4) is 0 Å². The van der Waals surface area contributed by atoms with Crippen molar-refractivity contribution in [2.75, 3.05) is 19.7 Å². The molecule has 5 nitrogen and oxygen atoms in total. The number of carbonyl (C=O) groups is 1. The van der Waals surface area contributed by atoms with E-state index in [-0.39, 0.29) is 23.5 Å². The van der Waals surface area contributed by atoms with Gasteiger partial charge >= 0.3 is 0 Å². The van der Waals surface area contributed by atoms with Crippen molar-refractivity contribution in [1.29, 1.82) is 0 Å². The van der Waals surface area contributed by atoms with Gasteiger partial charge in [0.2, 0.25) is 0 Å². The normalized spacial score (nSPS) is 27.1. The van der Waals surface area contributed by atoms with Crippen LogP contribution < -0.4 is 5.32 Å². The van der Waals surface area contributed by atoms with E-state index in [9.17, 15) is 4.79 Å². The molecule has 0 bridgehead atoms. The number of ether oxygens (including phenoxy) is 1. The molecule has 5 heteroatoms. The maximum atomic E-state index is 12.8. The fourth-order valence-electron chi connectivity index (χ4n) is 3.87. The number of hydrogen-bond acceptors (Lipinski definition) is 4. The minimum Gasteiger partial charge on any atom is -0.466 e. The van der Waals surface area contributed by atoms with E-state index in [2.05, 4.69) is 44.0 Å². The number of amides is 1. The van der Waals surface area contributed by atoms with E-state index >= 15 is 0 Å². The molecule has 3 rings (SSSR count). The topological polar surface area (TPSA) is 54.7 Å². The molecule has 2 atom stereocenters. The van der Waals surface area contributed by atoms with E-state index in [1.807, 2.05) is 6.92 Å². The van der Waals surface area contributed by atoms with E-state index < -0.39 is 0 Å². The van der Waals surface area contributed by atoms with Crippen LogP contribution >= 0.6 is 0 Å². The van der Waals surface area contributed by atoms with Gasteiger partial charge in [0.25, 0.3) is 5.91 Å². The van der Waals surface area contributed by atoms with Gasteiger partial charge in [0.15, 0.2) is 0 Å². The van der Waals surface area contributed by atoms with Crippen LogP contribution in [0.25, 0.3) is 0 Å². The van der Waals surface area contributed by atoms with Crippen LogP contribution in [-0.2, 0) is 16.0 Å². The summed E-state index contributed by atoms with van der Waals surface area (Å²) in [4.78, 5) is 15.1. The molecule has 1 amide bonds. The maximum Gasteiger partial charge on any atom is 0.250 e. The zero-order chi connectivity index (χ0) is 17.5. The Morgan fingerprint density at radius 1 is 1.42 bits per heavy atom. The third-order valence-corrected chi connectivity index (χ3v) is 5.17. The molecule has 0 radical (unpaired) electrons. The second-order valence-corrected chi connectivity index (χ2v) is 8.29. The first kappa shape index (κ1) is 17.5. The maximum absolute atomic E-state index is 12.8. The lowest BCUT2D eigenvalue weighted by molar-refractivity contribution is -0.140. The predicted octanol–water partition coefficient (Wildman–Crippen LogP) is 2.83. The molecule has 24 heavy (non-hydrogen) atoms. The second-order valence-electron chi connectivity index (χ2n) is 8.29. The van der Waals surface area contributed by atoms with Gasteiger partial charge in [0.05, 0.1) is 12.6 Å². The average Bonchev–Trinajstić information content (AvgIpc) is 2.86. The Balaban J connectivity index is 1.72. The molecule has 0 unspecified atom stereocenters. The van der Waals surface area contributed by atoms with Crippen molar-refractivity contribution in [2.24, 2.45) is 5.41 Å². The van der Waals surface area contributed by atoms with E-state index in [0.717, 1.165) is 36.5 Å². The molecule has 1 aromatic heterocycles. The van der Waals surface area contributed by atoms with Gasteiger partial charge in [-0.15, -0.1) is 0 Å². The zero-order valence-electron chi connectivity index (χ0n) is 15.5. The number of fused-ring (bicyclic) bond motifs is 1. The number of hydrogen-bond donors (Lipinski definition) is 1. The van der Waals surface area contributed by atoms with Crippen molar-refractivity contribution in [3.63, 3.8) is 0 Å². The van der Waals surface area contributed by atoms with Gasteiger partial charge in [-0.05, 0) is 38.7 Å². The van der Waals surface area contributed by atoms with E-state index in [4.69, 9.17) is 9.15 Å². The highest BCUT2D eigenvalue weighted by Gasteiger charge is 2.37. The van der Waals surface area contributed by atoms with Crippen LogP contribution in [0.3, 0.4) is 0 Å². The van der Waals surface area contributed by atoms with Crippen LogP contribution in [0.15, 0.2) is 10.5 Å². The number of morpholine rings is 1. The molecule has 1 fully saturated rings. The van der Waals surface area contributed by atoms with Gasteiger partial charge in [0.1, 0.15) is 17.6 Å². The quantitative estimate of drug-likeness (QED) is 0.923. The van der Waals surface area contributed by atoms with E-state index in [0.29, 0.717) is 19.2 Å². The summed E-state index contributed by atoms with van der Waals surface area (Å²) in [6.07, 6.45) is 1.46. The van der Waals surface area contributed by atoms with Gasteiger partial charge in [-0.2, -0.15) is 0 Å². The predicted molar refractivity (Wildman–Crippen MR) is 92.9 cm³/mol. The number of aryl methyl sites for hydroxylation is 1. The monoisotopic (exact) mass is 334 g/mol. The van der Waals surface area contributed by atoms with Crippen LogP contribution in [-0.4, -0.2) is 42.6 Å². The summed E-state index contributed by atoms with van der Waals surface area (Å²) in [6.45, 7) is 12.9. The lowest BCUT2D eigenvalue weighted by Gasteiger charge is -2.37. The number of nitrogens with one attached hydrogen (secondary N) is 1. The van der Waals surface area contributed by atoms with Gasteiger partial charge in [-0.3, -0.25) is 9.69 Å². The largest absolute Gasteiger partial charge is 0.466 e. The average molecular weight is 334 g/mol. The van der Waals surface area contributed by atoms with Crippen LogP contribution in [0.4, 0.5) is 0 Å². The van der Waals surface area contributed by atoms with Crippen molar-refractivity contribution in [2.45, 2.75) is 65.6 Å². The summed E-state index contributed by atoms with van der Waals surface area (Å²) in [7, 11) is 0. The third-order valence-electron chi connectivity index (χ3n) is 5.17. The van der Waals surface area contributed by atoms with Crippen molar-refractivity contribution < 1.29 is 13.9 Å². The Kier molecular flexibility index (Phi) is 4.76. The van der Waals surface area contributed by atoms with Crippen LogP contribution in [0.1, 0.15) is 57.2 Å². The highest BCUT2D eigenvalue weighted by molar-refractivity contribution is 5.81. The van der Waals surface area contributed by atoms with E-state index in [1.165, 1.54) is 0 Å². The number of furan rings is 1. The van der Waals surface area contributed by atoms with Gasteiger partial charge in [-0.1, -0.05) is 13.8 Å². The smallest absolute Gasteiger partial charge is 0.250 e. The summed E-state index contributed by atoms with van der Waals surface area (Å²) in [5.41, 5.74) is 1.25. The molecule has 1 aromatic rings. The minimum atomic E-state index is -0.386. The Morgan fingerprint density at radius 2 is 2.17 bits per heavy atom. The first-order chi connectivity index (χ1) is 11.2. The Labute approximate surface area is 144 Å². The lowest BCUT2D eigenvalue weighted by Crippen LogP contribution is -2.52. The molecule has 1 aliphatic carbocycles. The zero-order valence-corrected chi connectivity index (χ0v) is 15.5.